The lowest BCUT2D eigenvalue weighted by molar-refractivity contribution is 0.630. The van der Waals surface area contributed by atoms with E-state index in [4.69, 9.17) is 23.2 Å². The molecular weight excluding hydrogens is 355 g/mol. The Balaban J connectivity index is 2.42. The van der Waals surface area contributed by atoms with Crippen LogP contribution in [0.15, 0.2) is 29.0 Å². The molecule has 0 saturated carbocycles. The van der Waals surface area contributed by atoms with Gasteiger partial charge in [-0.25, -0.2) is 0 Å². The zero-order valence-electron chi connectivity index (χ0n) is 9.58. The maximum absolute atomic E-state index is 6.23. The van der Waals surface area contributed by atoms with E-state index in [1.165, 1.54) is 11.3 Å². The summed E-state index contributed by atoms with van der Waals surface area (Å²) in [6, 6.07) is 3.95. The van der Waals surface area contributed by atoms with Crippen LogP contribution < -0.4 is 5.32 Å². The van der Waals surface area contributed by atoms with Crippen molar-refractivity contribution in [2.24, 2.45) is 0 Å². The molecule has 0 aliphatic rings. The monoisotopic (exact) mass is 364 g/mol. The van der Waals surface area contributed by atoms with Crippen LogP contribution in [0.25, 0.3) is 0 Å². The quantitative estimate of drug-likeness (QED) is 0.832. The van der Waals surface area contributed by atoms with Gasteiger partial charge in [0.05, 0.1) is 14.7 Å². The third-order valence-corrected chi connectivity index (χ3v) is 4.41. The molecule has 1 unspecified atom stereocenters. The standard InChI is InChI=1S/C12H11BrCl2N2S/c1-2-17-11(7-3-8(13)6-16-5-7)9-4-10(14)18-12(9)15/h3-6,11,17H,2H2,1H3. The van der Waals surface area contributed by atoms with Crippen molar-refractivity contribution in [1.82, 2.24) is 10.3 Å². The maximum Gasteiger partial charge on any atom is 0.0995 e. The fourth-order valence-corrected chi connectivity index (χ4v) is 3.66. The van der Waals surface area contributed by atoms with Crippen molar-refractivity contribution in [2.75, 3.05) is 6.54 Å². The third-order valence-electron chi connectivity index (χ3n) is 2.46. The average molecular weight is 366 g/mol. The van der Waals surface area contributed by atoms with E-state index in [0.717, 1.165) is 22.1 Å². The van der Waals surface area contributed by atoms with Gasteiger partial charge in [0.1, 0.15) is 0 Å². The second kappa shape index (κ2) is 6.35. The van der Waals surface area contributed by atoms with Gasteiger partial charge in [-0.1, -0.05) is 30.1 Å². The Morgan fingerprint density at radius 3 is 2.72 bits per heavy atom. The Labute approximate surface area is 128 Å². The Bertz CT molecular complexity index is 545. The van der Waals surface area contributed by atoms with E-state index < -0.39 is 0 Å². The Morgan fingerprint density at radius 1 is 1.39 bits per heavy atom. The van der Waals surface area contributed by atoms with E-state index in [1.54, 1.807) is 6.20 Å². The number of hydrogen-bond acceptors (Lipinski definition) is 3. The van der Waals surface area contributed by atoms with Gasteiger partial charge in [-0.3, -0.25) is 4.98 Å². The summed E-state index contributed by atoms with van der Waals surface area (Å²) in [7, 11) is 0. The fourth-order valence-electron chi connectivity index (χ4n) is 1.75. The molecule has 1 N–H and O–H groups in total. The topological polar surface area (TPSA) is 24.9 Å². The van der Waals surface area contributed by atoms with E-state index in [-0.39, 0.29) is 6.04 Å². The zero-order chi connectivity index (χ0) is 13.1. The molecule has 18 heavy (non-hydrogen) atoms. The number of nitrogens with zero attached hydrogens (tertiary/aromatic N) is 1. The van der Waals surface area contributed by atoms with Gasteiger partial charge in [-0.15, -0.1) is 11.3 Å². The molecule has 0 radical (unpaired) electrons. The molecule has 1 atom stereocenters. The largest absolute Gasteiger partial charge is 0.306 e. The number of rotatable bonds is 4. The highest BCUT2D eigenvalue weighted by molar-refractivity contribution is 9.10. The molecule has 6 heteroatoms. The van der Waals surface area contributed by atoms with E-state index in [1.807, 2.05) is 18.3 Å². The van der Waals surface area contributed by atoms with Gasteiger partial charge in [0.25, 0.3) is 0 Å². The van der Waals surface area contributed by atoms with Gasteiger partial charge in [0.2, 0.25) is 0 Å². The SMILES string of the molecule is CCNC(c1cncc(Br)c1)c1cc(Cl)sc1Cl. The van der Waals surface area contributed by atoms with Gasteiger partial charge in [0.15, 0.2) is 0 Å². The number of thiophene rings is 1. The zero-order valence-corrected chi connectivity index (χ0v) is 13.5. The van der Waals surface area contributed by atoms with Crippen LogP contribution in [0.1, 0.15) is 24.1 Å². The molecule has 2 aromatic rings. The molecule has 2 rings (SSSR count). The Kier molecular flexibility index (Phi) is 5.04. The minimum atomic E-state index is 0.0104. The highest BCUT2D eigenvalue weighted by Gasteiger charge is 2.19. The number of nitrogens with one attached hydrogen (secondary N) is 1. The van der Waals surface area contributed by atoms with Crippen molar-refractivity contribution in [2.45, 2.75) is 13.0 Å². The summed E-state index contributed by atoms with van der Waals surface area (Å²) in [4.78, 5) is 4.19. The molecule has 0 spiro atoms. The molecule has 0 aliphatic carbocycles. The number of halogens is 3. The van der Waals surface area contributed by atoms with Crippen molar-refractivity contribution < 1.29 is 0 Å². The minimum Gasteiger partial charge on any atom is -0.306 e. The highest BCUT2D eigenvalue weighted by Crippen LogP contribution is 2.37. The second-order valence-corrected chi connectivity index (χ2v) is 6.91. The van der Waals surface area contributed by atoms with Crippen LogP contribution in [-0.2, 0) is 0 Å². The van der Waals surface area contributed by atoms with Crippen LogP contribution in [0, 0.1) is 0 Å². The molecule has 0 fully saturated rings. The van der Waals surface area contributed by atoms with Crippen molar-refractivity contribution in [3.05, 3.63) is 48.8 Å². The van der Waals surface area contributed by atoms with Crippen LogP contribution in [0.5, 0.6) is 0 Å². The molecule has 2 aromatic heterocycles. The summed E-state index contributed by atoms with van der Waals surface area (Å²) in [5.41, 5.74) is 2.05. The first-order chi connectivity index (χ1) is 8.61. The normalized spacial score (nSPS) is 12.7. The molecule has 2 nitrogen and oxygen atoms in total. The number of aromatic nitrogens is 1. The fraction of sp³-hybridized carbons (Fsp3) is 0.250. The van der Waals surface area contributed by atoms with Gasteiger partial charge >= 0.3 is 0 Å². The lowest BCUT2D eigenvalue weighted by atomic mass is 10.0. The van der Waals surface area contributed by atoms with Crippen molar-refractivity contribution >= 4 is 50.5 Å². The molecule has 0 amide bonds. The summed E-state index contributed by atoms with van der Waals surface area (Å²) in [5.74, 6) is 0. The molecule has 2 heterocycles. The predicted octanol–water partition coefficient (Wildman–Crippen LogP) is 4.91. The third kappa shape index (κ3) is 3.25. The van der Waals surface area contributed by atoms with Gasteiger partial charge in [0, 0.05) is 22.4 Å². The first-order valence-corrected chi connectivity index (χ1v) is 7.77. The van der Waals surface area contributed by atoms with Crippen LogP contribution >= 0.6 is 50.5 Å². The first-order valence-electron chi connectivity index (χ1n) is 5.40. The second-order valence-electron chi connectivity index (χ2n) is 3.71. The predicted molar refractivity (Wildman–Crippen MR) is 81.8 cm³/mol. The van der Waals surface area contributed by atoms with Crippen LogP contribution in [0.4, 0.5) is 0 Å². The first kappa shape index (κ1) is 14.3. The summed E-state index contributed by atoms with van der Waals surface area (Å²) < 4.78 is 2.35. The Morgan fingerprint density at radius 2 is 2.17 bits per heavy atom. The van der Waals surface area contributed by atoms with Crippen LogP contribution in [0.3, 0.4) is 0 Å². The molecular formula is C12H11BrCl2N2S. The molecule has 0 aromatic carbocycles. The number of hydrogen-bond donors (Lipinski definition) is 1. The molecule has 0 saturated heterocycles. The molecule has 0 bridgehead atoms. The Hall–Kier alpha value is -0.130. The van der Waals surface area contributed by atoms with E-state index in [9.17, 15) is 0 Å². The van der Waals surface area contributed by atoms with Gasteiger partial charge in [-0.2, -0.15) is 0 Å². The maximum atomic E-state index is 6.23. The van der Waals surface area contributed by atoms with Gasteiger partial charge < -0.3 is 5.32 Å². The van der Waals surface area contributed by atoms with Crippen molar-refractivity contribution in [1.29, 1.82) is 0 Å². The smallest absolute Gasteiger partial charge is 0.0995 e. The lowest BCUT2D eigenvalue weighted by Gasteiger charge is -2.17. The van der Waals surface area contributed by atoms with E-state index in [2.05, 4.69) is 33.2 Å². The summed E-state index contributed by atoms with van der Waals surface area (Å²) in [5, 5.41) is 3.40. The van der Waals surface area contributed by atoms with Crippen LogP contribution in [-0.4, -0.2) is 11.5 Å². The molecule has 0 aliphatic heterocycles. The van der Waals surface area contributed by atoms with Crippen LogP contribution in [0.2, 0.25) is 8.67 Å². The van der Waals surface area contributed by atoms with Crippen molar-refractivity contribution in [3.8, 4) is 0 Å². The van der Waals surface area contributed by atoms with Gasteiger partial charge in [-0.05, 0) is 40.2 Å². The summed E-state index contributed by atoms with van der Waals surface area (Å²) >= 11 is 17.0. The lowest BCUT2D eigenvalue weighted by Crippen LogP contribution is -2.21. The minimum absolute atomic E-state index is 0.0104. The summed E-state index contributed by atoms with van der Waals surface area (Å²) in [6.45, 7) is 2.89. The molecule has 96 valence electrons. The summed E-state index contributed by atoms with van der Waals surface area (Å²) in [6.07, 6.45) is 3.59. The van der Waals surface area contributed by atoms with E-state index >= 15 is 0 Å². The van der Waals surface area contributed by atoms with Crippen molar-refractivity contribution in [3.63, 3.8) is 0 Å². The van der Waals surface area contributed by atoms with E-state index in [0.29, 0.717) is 8.67 Å². The number of pyridine rings is 1. The average Bonchev–Trinajstić information content (AvgIpc) is 2.65. The highest BCUT2D eigenvalue weighted by atomic mass is 79.9.